The Morgan fingerprint density at radius 3 is 1.10 bits per heavy atom. The number of benzene rings is 1. The summed E-state index contributed by atoms with van der Waals surface area (Å²) in [5.74, 6) is 0. The van der Waals surface area contributed by atoms with Crippen molar-refractivity contribution < 1.29 is 10.0 Å². The summed E-state index contributed by atoms with van der Waals surface area (Å²) in [5, 5.41) is 14.2. The van der Waals surface area contributed by atoms with E-state index in [0.717, 1.165) is 0 Å². The van der Waals surface area contributed by atoms with E-state index in [0.29, 0.717) is 0 Å². The molecule has 0 radical (unpaired) electrons. The summed E-state index contributed by atoms with van der Waals surface area (Å²) in [6.07, 6.45) is 0. The van der Waals surface area contributed by atoms with Crippen LogP contribution in [0.1, 0.15) is 0 Å². The first-order chi connectivity index (χ1) is 4.38. The minimum absolute atomic E-state index is 0. The summed E-state index contributed by atoms with van der Waals surface area (Å²) in [6.45, 7) is 0. The molecule has 2 N–H and O–H groups in total. The smallest absolute Gasteiger partial charge is 0.0184 e. The number of hydrogen-bond donors (Lipinski definition) is 2. The maximum Gasteiger partial charge on any atom is -0.0184 e. The van der Waals surface area contributed by atoms with E-state index in [1.165, 1.54) is 11.1 Å². The van der Waals surface area contributed by atoms with Gasteiger partial charge in [0.1, 0.15) is 0 Å². The molecular weight excluding hydrogens is 122 g/mol. The molecule has 0 heterocycles. The van der Waals surface area contributed by atoms with Gasteiger partial charge in [0.05, 0.1) is 0 Å². The standard InChI is InChI=1S/C6H4.BH3O2.Li.H/c1-2-6-4-3-5(1)6;2-1-3;;/h1-4H;1-3H;;. The first kappa shape index (κ1) is 9.80. The van der Waals surface area contributed by atoms with Crippen LogP contribution in [0.2, 0.25) is 0 Å². The zero-order valence-electron chi connectivity index (χ0n) is 4.91. The third-order valence-electron chi connectivity index (χ3n) is 1.22. The van der Waals surface area contributed by atoms with E-state index in [1.807, 2.05) is 0 Å². The van der Waals surface area contributed by atoms with Crippen LogP contribution in [0.15, 0.2) is 24.3 Å². The molecular formula is C6H8BLiO2. The monoisotopic (exact) mass is 130 g/mol. The zero-order chi connectivity index (χ0) is 6.69. The van der Waals surface area contributed by atoms with Crippen molar-refractivity contribution in [3.05, 3.63) is 24.3 Å². The van der Waals surface area contributed by atoms with Crippen LogP contribution in [0.5, 0.6) is 0 Å². The Morgan fingerprint density at radius 1 is 0.900 bits per heavy atom. The minimum Gasteiger partial charge on any atom is -0.0538 e. The second kappa shape index (κ2) is 4.59. The van der Waals surface area contributed by atoms with Gasteiger partial charge >= 0.3 is 26.5 Å². The van der Waals surface area contributed by atoms with Gasteiger partial charge in [0.15, 0.2) is 0 Å². The van der Waals surface area contributed by atoms with Crippen molar-refractivity contribution in [2.45, 2.75) is 0 Å². The number of rotatable bonds is 0. The van der Waals surface area contributed by atoms with Crippen molar-refractivity contribution in [3.63, 3.8) is 0 Å². The molecule has 0 atom stereocenters. The van der Waals surface area contributed by atoms with Crippen LogP contribution < -0.4 is 0 Å². The van der Waals surface area contributed by atoms with E-state index in [-0.39, 0.29) is 18.9 Å². The molecule has 0 unspecified atom stereocenters. The van der Waals surface area contributed by atoms with Gasteiger partial charge in [-0.3, -0.25) is 0 Å². The van der Waals surface area contributed by atoms with Gasteiger partial charge in [0, 0.05) is 0 Å². The second-order valence-corrected chi connectivity index (χ2v) is 1.72. The van der Waals surface area contributed by atoms with Crippen LogP contribution in [-0.2, 0) is 0 Å². The van der Waals surface area contributed by atoms with Gasteiger partial charge in [0.2, 0.25) is 0 Å². The molecule has 10 heavy (non-hydrogen) atoms. The SMILES string of the molecule is OBO.[LiH].c1cc2ccc1-2. The Labute approximate surface area is 72.4 Å². The van der Waals surface area contributed by atoms with Crippen LogP contribution in [0, 0.1) is 0 Å². The van der Waals surface area contributed by atoms with E-state index in [9.17, 15) is 0 Å². The predicted octanol–water partition coefficient (Wildman–Crippen LogP) is -0.744. The van der Waals surface area contributed by atoms with Crippen molar-refractivity contribution in [1.82, 2.24) is 0 Å². The van der Waals surface area contributed by atoms with Crippen LogP contribution >= 0.6 is 0 Å². The third kappa shape index (κ3) is 1.90. The Bertz CT molecular complexity index is 166. The Balaban J connectivity index is 0.000000183. The van der Waals surface area contributed by atoms with Gasteiger partial charge in [-0.1, -0.05) is 24.3 Å². The third-order valence-corrected chi connectivity index (χ3v) is 1.22. The van der Waals surface area contributed by atoms with Crippen LogP contribution in [0.25, 0.3) is 11.1 Å². The average molecular weight is 130 g/mol. The summed E-state index contributed by atoms with van der Waals surface area (Å²) >= 11 is 0. The molecule has 0 aromatic carbocycles. The molecule has 0 aliphatic heterocycles. The first-order valence-corrected chi connectivity index (χ1v) is 2.70. The maximum atomic E-state index is 7.12. The molecule has 0 saturated heterocycles. The maximum absolute atomic E-state index is 7.12. The summed E-state index contributed by atoms with van der Waals surface area (Å²) in [4.78, 5) is 0. The molecule has 0 bridgehead atoms. The molecule has 0 amide bonds. The van der Waals surface area contributed by atoms with Crippen molar-refractivity contribution in [2.24, 2.45) is 0 Å². The van der Waals surface area contributed by atoms with Gasteiger partial charge in [-0.2, -0.15) is 0 Å². The molecule has 0 fully saturated rings. The Hall–Kier alpha value is -0.198. The van der Waals surface area contributed by atoms with E-state index < -0.39 is 7.69 Å². The average Bonchev–Trinajstić information content (AvgIpc) is 1.81. The fourth-order valence-corrected chi connectivity index (χ4v) is 0.663. The summed E-state index contributed by atoms with van der Waals surface area (Å²) in [6, 6.07) is 8.48. The van der Waals surface area contributed by atoms with Crippen LogP contribution in [0.4, 0.5) is 0 Å². The molecule has 2 rings (SSSR count). The molecule has 0 aromatic rings. The first-order valence-electron chi connectivity index (χ1n) is 2.70. The molecule has 2 aliphatic rings. The fourth-order valence-electron chi connectivity index (χ4n) is 0.663. The Morgan fingerprint density at radius 2 is 1.10 bits per heavy atom. The van der Waals surface area contributed by atoms with Crippen LogP contribution in [-0.4, -0.2) is 36.6 Å². The molecule has 2 nitrogen and oxygen atoms in total. The van der Waals surface area contributed by atoms with Gasteiger partial charge in [-0.15, -0.1) is 0 Å². The van der Waals surface area contributed by atoms with Gasteiger partial charge in [0.25, 0.3) is 0 Å². The topological polar surface area (TPSA) is 40.5 Å². The molecule has 4 heteroatoms. The van der Waals surface area contributed by atoms with E-state index >= 15 is 0 Å². The van der Waals surface area contributed by atoms with Crippen molar-refractivity contribution in [1.29, 1.82) is 0 Å². The zero-order valence-corrected chi connectivity index (χ0v) is 4.91. The normalized spacial score (nSPS) is 8.20. The van der Waals surface area contributed by atoms with E-state index in [1.54, 1.807) is 0 Å². The fraction of sp³-hybridized carbons (Fsp3) is 0. The molecule has 0 spiro atoms. The van der Waals surface area contributed by atoms with Crippen molar-refractivity contribution in [3.8, 4) is 11.1 Å². The van der Waals surface area contributed by atoms with Crippen molar-refractivity contribution >= 4 is 26.5 Å². The Kier molecular flexibility index (Phi) is 4.50. The quantitative estimate of drug-likeness (QED) is 0.461. The summed E-state index contributed by atoms with van der Waals surface area (Å²) < 4.78 is 0. The molecule has 48 valence electrons. The minimum atomic E-state index is -0.750. The van der Waals surface area contributed by atoms with Gasteiger partial charge in [-0.05, 0) is 11.1 Å². The van der Waals surface area contributed by atoms with Gasteiger partial charge < -0.3 is 10.0 Å². The summed E-state index contributed by atoms with van der Waals surface area (Å²) in [7, 11) is -0.750. The molecule has 0 aromatic heterocycles. The molecule has 0 saturated carbocycles. The second-order valence-electron chi connectivity index (χ2n) is 1.72. The van der Waals surface area contributed by atoms with Gasteiger partial charge in [-0.25, -0.2) is 0 Å². The predicted molar refractivity (Wildman–Crippen MR) is 44.2 cm³/mol. The van der Waals surface area contributed by atoms with E-state index in [2.05, 4.69) is 24.3 Å². The van der Waals surface area contributed by atoms with E-state index in [4.69, 9.17) is 10.0 Å². The molecule has 2 aliphatic carbocycles. The van der Waals surface area contributed by atoms with Crippen LogP contribution in [0.3, 0.4) is 0 Å². The summed E-state index contributed by atoms with van der Waals surface area (Å²) in [5.41, 5.74) is 2.85. The number of hydrogen-bond acceptors (Lipinski definition) is 2. The van der Waals surface area contributed by atoms with Crippen molar-refractivity contribution in [2.75, 3.05) is 0 Å². The largest absolute Gasteiger partial charge is 0.0538 e. The number of fused-ring (bicyclic) bond motifs is 1.